The molecule has 0 N–H and O–H groups in total. The number of hydrogen-bond donors (Lipinski definition) is 0. The van der Waals surface area contributed by atoms with Crippen LogP contribution in [0.3, 0.4) is 0 Å². The molecule has 0 aromatic carbocycles. The third-order valence-electron chi connectivity index (χ3n) is 2.19. The molecule has 2 rings (SSSR count). The molecule has 0 unspecified atom stereocenters. The normalized spacial score (nSPS) is 10.5. The molecule has 3 heteroatoms. The van der Waals surface area contributed by atoms with E-state index in [9.17, 15) is 0 Å². The fourth-order valence-electron chi connectivity index (χ4n) is 1.44. The summed E-state index contributed by atoms with van der Waals surface area (Å²) < 4.78 is 0.822. The number of thiophene rings is 1. The van der Waals surface area contributed by atoms with E-state index in [0.717, 1.165) is 28.4 Å². The third kappa shape index (κ3) is 2.58. The maximum absolute atomic E-state index is 5.89. The Morgan fingerprint density at radius 2 is 2.13 bits per heavy atom. The van der Waals surface area contributed by atoms with E-state index >= 15 is 0 Å². The van der Waals surface area contributed by atoms with Gasteiger partial charge in [0, 0.05) is 22.3 Å². The van der Waals surface area contributed by atoms with E-state index in [2.05, 4.69) is 24.0 Å². The summed E-state index contributed by atoms with van der Waals surface area (Å²) in [6, 6.07) is 8.15. The summed E-state index contributed by atoms with van der Waals surface area (Å²) in [6.45, 7) is 2.16. The van der Waals surface area contributed by atoms with Crippen molar-refractivity contribution in [1.82, 2.24) is 4.98 Å². The molecule has 2 aromatic rings. The lowest BCUT2D eigenvalue weighted by Gasteiger charge is -1.99. The highest BCUT2D eigenvalue weighted by Crippen LogP contribution is 2.30. The number of rotatable bonds is 3. The molecule has 0 amide bonds. The van der Waals surface area contributed by atoms with Crippen molar-refractivity contribution in [3.05, 3.63) is 40.5 Å². The number of hydrogen-bond acceptors (Lipinski definition) is 2. The Labute approximate surface area is 98.7 Å². The van der Waals surface area contributed by atoms with E-state index in [-0.39, 0.29) is 0 Å². The topological polar surface area (TPSA) is 12.9 Å². The van der Waals surface area contributed by atoms with E-state index in [1.165, 1.54) is 4.88 Å². The van der Waals surface area contributed by atoms with E-state index in [1.54, 1.807) is 11.3 Å². The summed E-state index contributed by atoms with van der Waals surface area (Å²) >= 11 is 7.47. The molecule has 0 aliphatic heterocycles. The Balaban J connectivity index is 2.23. The van der Waals surface area contributed by atoms with Crippen molar-refractivity contribution in [2.24, 2.45) is 0 Å². The van der Waals surface area contributed by atoms with Crippen LogP contribution in [0.1, 0.15) is 19.0 Å². The molecular formula is C12H12ClNS. The average molecular weight is 238 g/mol. The van der Waals surface area contributed by atoms with Crippen LogP contribution >= 0.6 is 22.9 Å². The van der Waals surface area contributed by atoms with Gasteiger partial charge in [0.05, 0.1) is 4.34 Å². The predicted molar refractivity (Wildman–Crippen MR) is 66.6 cm³/mol. The monoisotopic (exact) mass is 237 g/mol. The van der Waals surface area contributed by atoms with Crippen molar-refractivity contribution >= 4 is 22.9 Å². The first-order chi connectivity index (χ1) is 7.29. The molecule has 2 aromatic heterocycles. The lowest BCUT2D eigenvalue weighted by molar-refractivity contribution is 0.883. The Morgan fingerprint density at radius 3 is 2.67 bits per heavy atom. The highest BCUT2D eigenvalue weighted by molar-refractivity contribution is 7.19. The molecular weight excluding hydrogens is 226 g/mol. The molecule has 1 nitrogen and oxygen atoms in total. The van der Waals surface area contributed by atoms with E-state index < -0.39 is 0 Å². The van der Waals surface area contributed by atoms with Crippen LogP contribution in [-0.4, -0.2) is 4.98 Å². The summed E-state index contributed by atoms with van der Waals surface area (Å²) in [5.41, 5.74) is 2.30. The maximum Gasteiger partial charge on any atom is 0.0934 e. The van der Waals surface area contributed by atoms with Gasteiger partial charge < -0.3 is 0 Å². The van der Waals surface area contributed by atoms with Crippen LogP contribution in [0.2, 0.25) is 4.34 Å². The van der Waals surface area contributed by atoms with Gasteiger partial charge in [0.15, 0.2) is 0 Å². The fraction of sp³-hybridized carbons (Fsp3) is 0.250. The van der Waals surface area contributed by atoms with E-state index in [0.29, 0.717) is 0 Å². The second-order valence-electron chi connectivity index (χ2n) is 3.39. The number of nitrogens with zero attached hydrogens (tertiary/aromatic N) is 1. The standard InChI is InChI=1S/C12H12ClNS/c1-2-3-10-5-4-9(8-14-10)11-6-7-12(13)15-11/h4-8H,2-3H2,1H3. The second-order valence-corrected chi connectivity index (χ2v) is 5.11. The Kier molecular flexibility index (Phi) is 3.39. The Morgan fingerprint density at radius 1 is 1.27 bits per heavy atom. The largest absolute Gasteiger partial charge is 0.261 e. The number of pyridine rings is 1. The molecule has 0 fully saturated rings. The summed E-state index contributed by atoms with van der Waals surface area (Å²) in [5.74, 6) is 0. The van der Waals surface area contributed by atoms with Crippen molar-refractivity contribution < 1.29 is 0 Å². The van der Waals surface area contributed by atoms with Crippen LogP contribution < -0.4 is 0 Å². The SMILES string of the molecule is CCCc1ccc(-c2ccc(Cl)s2)cn1. The fourth-order valence-corrected chi connectivity index (χ4v) is 2.48. The minimum Gasteiger partial charge on any atom is -0.261 e. The summed E-state index contributed by atoms with van der Waals surface area (Å²) in [6.07, 6.45) is 4.11. The van der Waals surface area contributed by atoms with Gasteiger partial charge in [0.2, 0.25) is 0 Å². The first-order valence-corrected chi connectivity index (χ1v) is 6.19. The van der Waals surface area contributed by atoms with Gasteiger partial charge >= 0.3 is 0 Å². The maximum atomic E-state index is 5.89. The van der Waals surface area contributed by atoms with Gasteiger partial charge in [0.25, 0.3) is 0 Å². The van der Waals surface area contributed by atoms with Crippen LogP contribution in [0.15, 0.2) is 30.5 Å². The lowest BCUT2D eigenvalue weighted by atomic mass is 10.2. The molecule has 0 aliphatic carbocycles. The number of aromatic nitrogens is 1. The molecule has 0 bridgehead atoms. The van der Waals surface area contributed by atoms with Crippen molar-refractivity contribution in [2.45, 2.75) is 19.8 Å². The van der Waals surface area contributed by atoms with Crippen molar-refractivity contribution in [2.75, 3.05) is 0 Å². The van der Waals surface area contributed by atoms with Gasteiger partial charge in [-0.15, -0.1) is 11.3 Å². The minimum atomic E-state index is 0.822. The highest BCUT2D eigenvalue weighted by Gasteiger charge is 2.01. The first-order valence-electron chi connectivity index (χ1n) is 5.00. The van der Waals surface area contributed by atoms with Gasteiger partial charge in [-0.3, -0.25) is 4.98 Å². The molecule has 15 heavy (non-hydrogen) atoms. The van der Waals surface area contributed by atoms with E-state index in [4.69, 9.17) is 11.6 Å². The van der Waals surface area contributed by atoms with Crippen LogP contribution in [-0.2, 0) is 6.42 Å². The lowest BCUT2D eigenvalue weighted by Crippen LogP contribution is -1.87. The zero-order valence-corrected chi connectivity index (χ0v) is 10.1. The zero-order chi connectivity index (χ0) is 10.7. The molecule has 0 aliphatic rings. The van der Waals surface area contributed by atoms with Gasteiger partial charge in [-0.2, -0.15) is 0 Å². The molecule has 0 spiro atoms. The van der Waals surface area contributed by atoms with Crippen LogP contribution in [0, 0.1) is 0 Å². The molecule has 78 valence electrons. The summed E-state index contributed by atoms with van der Waals surface area (Å²) in [7, 11) is 0. The Bertz CT molecular complexity index is 433. The van der Waals surface area contributed by atoms with Gasteiger partial charge in [-0.25, -0.2) is 0 Å². The first kappa shape index (κ1) is 10.7. The molecule has 0 radical (unpaired) electrons. The van der Waals surface area contributed by atoms with Crippen LogP contribution in [0.4, 0.5) is 0 Å². The van der Waals surface area contributed by atoms with Crippen molar-refractivity contribution in [3.63, 3.8) is 0 Å². The summed E-state index contributed by atoms with van der Waals surface area (Å²) in [5, 5.41) is 0. The van der Waals surface area contributed by atoms with Crippen LogP contribution in [0.25, 0.3) is 10.4 Å². The van der Waals surface area contributed by atoms with Crippen LogP contribution in [0.5, 0.6) is 0 Å². The van der Waals surface area contributed by atoms with Gasteiger partial charge in [-0.1, -0.05) is 31.0 Å². The molecule has 0 saturated carbocycles. The smallest absolute Gasteiger partial charge is 0.0934 e. The molecule has 0 atom stereocenters. The quantitative estimate of drug-likeness (QED) is 0.770. The minimum absolute atomic E-state index is 0.822. The van der Waals surface area contributed by atoms with E-state index in [1.807, 2.05) is 18.3 Å². The average Bonchev–Trinajstić information content (AvgIpc) is 2.67. The van der Waals surface area contributed by atoms with Gasteiger partial charge in [0.1, 0.15) is 0 Å². The summed E-state index contributed by atoms with van der Waals surface area (Å²) in [4.78, 5) is 5.59. The molecule has 2 heterocycles. The Hall–Kier alpha value is -0.860. The van der Waals surface area contributed by atoms with Gasteiger partial charge in [-0.05, 0) is 24.6 Å². The van der Waals surface area contributed by atoms with Crippen molar-refractivity contribution in [3.8, 4) is 10.4 Å². The molecule has 0 saturated heterocycles. The second kappa shape index (κ2) is 4.77. The zero-order valence-electron chi connectivity index (χ0n) is 8.53. The number of aryl methyl sites for hydroxylation is 1. The number of halogens is 1. The van der Waals surface area contributed by atoms with Crippen molar-refractivity contribution in [1.29, 1.82) is 0 Å². The predicted octanol–water partition coefficient (Wildman–Crippen LogP) is 4.42. The third-order valence-corrected chi connectivity index (χ3v) is 3.47. The highest BCUT2D eigenvalue weighted by atomic mass is 35.5.